The van der Waals surface area contributed by atoms with Crippen molar-refractivity contribution in [2.24, 2.45) is 0 Å². The lowest BCUT2D eigenvalue weighted by atomic mass is 10.1. The van der Waals surface area contributed by atoms with E-state index in [9.17, 15) is 4.79 Å². The highest BCUT2D eigenvalue weighted by Crippen LogP contribution is 2.20. The maximum absolute atomic E-state index is 12.1. The normalized spacial score (nSPS) is 9.96. The molecule has 0 aliphatic rings. The molecule has 0 heterocycles. The number of methoxy groups -OCH3 is 1. The summed E-state index contributed by atoms with van der Waals surface area (Å²) in [4.78, 5) is 12.1. The van der Waals surface area contributed by atoms with E-state index in [4.69, 9.17) is 28.6 Å². The molecular weight excluding hydrogens is 346 g/mol. The zero-order chi connectivity index (χ0) is 17.5. The predicted molar refractivity (Wildman–Crippen MR) is 100 cm³/mol. The first-order chi connectivity index (χ1) is 11.5. The van der Waals surface area contributed by atoms with Crippen LogP contribution in [0.3, 0.4) is 0 Å². The molecule has 5 nitrogen and oxygen atoms in total. The van der Waals surface area contributed by atoms with Gasteiger partial charge in [0, 0.05) is 16.3 Å². The van der Waals surface area contributed by atoms with Gasteiger partial charge < -0.3 is 10.1 Å². The largest absolute Gasteiger partial charge is 0.496 e. The Balaban J connectivity index is 1.87. The zero-order valence-corrected chi connectivity index (χ0v) is 14.9. The number of carbonyl (C=O) groups is 1. The molecule has 0 saturated carbocycles. The molecule has 0 aliphatic heterocycles. The number of hydrazine groups is 1. The lowest BCUT2D eigenvalue weighted by Gasteiger charge is -2.13. The molecule has 126 valence electrons. The Bertz CT molecular complexity index is 752. The number of hydrogen-bond donors (Lipinski definition) is 3. The van der Waals surface area contributed by atoms with E-state index in [-0.39, 0.29) is 17.4 Å². The third-order valence-corrected chi connectivity index (χ3v) is 3.62. The van der Waals surface area contributed by atoms with Crippen molar-refractivity contribution in [3.05, 3.63) is 58.6 Å². The second-order valence-electron chi connectivity index (χ2n) is 5.13. The molecule has 1 amide bonds. The highest BCUT2D eigenvalue weighted by Gasteiger charge is 2.09. The number of carbonyl (C=O) groups excluding carboxylic acids is 1. The van der Waals surface area contributed by atoms with E-state index in [0.29, 0.717) is 10.8 Å². The first-order valence-electron chi connectivity index (χ1n) is 7.23. The molecule has 2 aromatic rings. The molecule has 24 heavy (non-hydrogen) atoms. The monoisotopic (exact) mass is 363 g/mol. The number of amides is 1. The van der Waals surface area contributed by atoms with Crippen LogP contribution in [-0.2, 0) is 11.2 Å². The van der Waals surface area contributed by atoms with Crippen LogP contribution in [0.25, 0.3) is 0 Å². The molecule has 7 heteroatoms. The van der Waals surface area contributed by atoms with Gasteiger partial charge in [-0.3, -0.25) is 15.6 Å². The maximum Gasteiger partial charge on any atom is 0.242 e. The molecule has 0 aliphatic carbocycles. The van der Waals surface area contributed by atoms with Gasteiger partial charge in [-0.05, 0) is 43.4 Å². The maximum atomic E-state index is 12.1. The van der Waals surface area contributed by atoms with Crippen LogP contribution in [0.1, 0.15) is 11.1 Å². The SMILES string of the molecule is COc1ccc(C)cc1CC(=O)NNC(=S)Nc1cccc(Cl)c1. The first-order valence-corrected chi connectivity index (χ1v) is 8.01. The molecule has 0 fully saturated rings. The smallest absolute Gasteiger partial charge is 0.242 e. The summed E-state index contributed by atoms with van der Waals surface area (Å²) in [6.07, 6.45) is 0.178. The van der Waals surface area contributed by atoms with Gasteiger partial charge >= 0.3 is 0 Å². The summed E-state index contributed by atoms with van der Waals surface area (Å²) < 4.78 is 5.27. The Labute approximate surface area is 151 Å². The van der Waals surface area contributed by atoms with Crippen molar-refractivity contribution < 1.29 is 9.53 Å². The average molecular weight is 364 g/mol. The van der Waals surface area contributed by atoms with E-state index in [1.807, 2.05) is 31.2 Å². The van der Waals surface area contributed by atoms with E-state index in [0.717, 1.165) is 16.8 Å². The van der Waals surface area contributed by atoms with Crippen LogP contribution >= 0.6 is 23.8 Å². The Kier molecular flexibility index (Phi) is 6.40. The zero-order valence-electron chi connectivity index (χ0n) is 13.4. The number of nitrogens with one attached hydrogen (secondary N) is 3. The van der Waals surface area contributed by atoms with Crippen LogP contribution in [0.2, 0.25) is 5.02 Å². The number of benzene rings is 2. The van der Waals surface area contributed by atoms with Crippen LogP contribution in [-0.4, -0.2) is 18.1 Å². The average Bonchev–Trinajstić information content (AvgIpc) is 2.53. The fourth-order valence-corrected chi connectivity index (χ4v) is 2.48. The van der Waals surface area contributed by atoms with Crippen LogP contribution < -0.4 is 20.9 Å². The van der Waals surface area contributed by atoms with Gasteiger partial charge in [0.2, 0.25) is 5.91 Å². The van der Waals surface area contributed by atoms with Crippen LogP contribution in [0.15, 0.2) is 42.5 Å². The van der Waals surface area contributed by atoms with Crippen LogP contribution in [0, 0.1) is 6.92 Å². The quantitative estimate of drug-likeness (QED) is 0.575. The minimum absolute atomic E-state index is 0.178. The van der Waals surface area contributed by atoms with E-state index in [1.165, 1.54) is 0 Å². The molecule has 3 N–H and O–H groups in total. The first kappa shape index (κ1) is 18.0. The Morgan fingerprint density at radius 1 is 1.21 bits per heavy atom. The minimum atomic E-state index is -0.228. The van der Waals surface area contributed by atoms with Crippen molar-refractivity contribution in [1.82, 2.24) is 10.9 Å². The molecule has 0 saturated heterocycles. The summed E-state index contributed by atoms with van der Waals surface area (Å²) in [5.74, 6) is 0.449. The summed E-state index contributed by atoms with van der Waals surface area (Å²) >= 11 is 11.0. The van der Waals surface area contributed by atoms with Crippen LogP contribution in [0.5, 0.6) is 5.75 Å². The molecule has 0 atom stereocenters. The van der Waals surface area contributed by atoms with Gasteiger partial charge in [-0.2, -0.15) is 0 Å². The molecule has 0 radical (unpaired) electrons. The highest BCUT2D eigenvalue weighted by atomic mass is 35.5. The number of hydrogen-bond acceptors (Lipinski definition) is 3. The Morgan fingerprint density at radius 3 is 2.71 bits per heavy atom. The van der Waals surface area contributed by atoms with Gasteiger partial charge in [-0.25, -0.2) is 0 Å². The van der Waals surface area contributed by atoms with Crippen molar-refractivity contribution in [2.45, 2.75) is 13.3 Å². The fraction of sp³-hybridized carbons (Fsp3) is 0.176. The van der Waals surface area contributed by atoms with Crippen molar-refractivity contribution in [3.8, 4) is 5.75 Å². The number of anilines is 1. The van der Waals surface area contributed by atoms with Crippen molar-refractivity contribution >= 4 is 40.5 Å². The molecule has 2 aromatic carbocycles. The highest BCUT2D eigenvalue weighted by molar-refractivity contribution is 7.80. The fourth-order valence-electron chi connectivity index (χ4n) is 2.12. The summed E-state index contributed by atoms with van der Waals surface area (Å²) in [6, 6.07) is 12.8. The van der Waals surface area contributed by atoms with Crippen molar-refractivity contribution in [3.63, 3.8) is 0 Å². The lowest BCUT2D eigenvalue weighted by molar-refractivity contribution is -0.121. The van der Waals surface area contributed by atoms with Crippen LogP contribution in [0.4, 0.5) is 5.69 Å². The van der Waals surface area contributed by atoms with Gasteiger partial charge in [0.25, 0.3) is 0 Å². The van der Waals surface area contributed by atoms with Gasteiger partial charge in [0.1, 0.15) is 5.75 Å². The number of thiocarbonyl (C=S) groups is 1. The Hall–Kier alpha value is -2.31. The van der Waals surface area contributed by atoms with E-state index in [2.05, 4.69) is 16.2 Å². The molecule has 0 spiro atoms. The molecule has 0 aromatic heterocycles. The van der Waals surface area contributed by atoms with Gasteiger partial charge in [0.15, 0.2) is 5.11 Å². The minimum Gasteiger partial charge on any atom is -0.496 e. The lowest BCUT2D eigenvalue weighted by Crippen LogP contribution is -2.44. The third-order valence-electron chi connectivity index (χ3n) is 3.18. The summed E-state index contributed by atoms with van der Waals surface area (Å²) in [5.41, 5.74) is 7.82. The summed E-state index contributed by atoms with van der Waals surface area (Å²) in [5, 5.41) is 3.79. The van der Waals surface area contributed by atoms with E-state index >= 15 is 0 Å². The van der Waals surface area contributed by atoms with Crippen molar-refractivity contribution in [2.75, 3.05) is 12.4 Å². The number of ether oxygens (including phenoxy) is 1. The third kappa shape index (κ3) is 5.40. The number of rotatable bonds is 4. The van der Waals surface area contributed by atoms with Gasteiger partial charge in [-0.1, -0.05) is 35.4 Å². The summed E-state index contributed by atoms with van der Waals surface area (Å²) in [7, 11) is 1.58. The summed E-state index contributed by atoms with van der Waals surface area (Å²) in [6.45, 7) is 1.96. The van der Waals surface area contributed by atoms with Gasteiger partial charge in [-0.15, -0.1) is 0 Å². The number of aryl methyl sites for hydroxylation is 1. The topological polar surface area (TPSA) is 62.4 Å². The van der Waals surface area contributed by atoms with Gasteiger partial charge in [0.05, 0.1) is 13.5 Å². The molecule has 0 unspecified atom stereocenters. The molecule has 2 rings (SSSR count). The van der Waals surface area contributed by atoms with E-state index < -0.39 is 0 Å². The van der Waals surface area contributed by atoms with E-state index in [1.54, 1.807) is 25.3 Å². The second kappa shape index (κ2) is 8.52. The Morgan fingerprint density at radius 2 is 2.00 bits per heavy atom. The number of halogens is 1. The molecule has 0 bridgehead atoms. The standard InChI is InChI=1S/C17H18ClN3O2S/c1-11-6-7-15(23-2)12(8-11)9-16(22)20-21-17(24)19-14-5-3-4-13(18)10-14/h3-8,10H,9H2,1-2H3,(H,20,22)(H2,19,21,24). The molecular formula is C17H18ClN3O2S. The second-order valence-corrected chi connectivity index (χ2v) is 5.97. The van der Waals surface area contributed by atoms with Crippen molar-refractivity contribution in [1.29, 1.82) is 0 Å². The predicted octanol–water partition coefficient (Wildman–Crippen LogP) is 3.22.